The van der Waals surface area contributed by atoms with Crippen molar-refractivity contribution in [1.29, 1.82) is 0 Å². The van der Waals surface area contributed by atoms with Gasteiger partial charge in [0, 0.05) is 24.9 Å². The van der Waals surface area contributed by atoms with Crippen LogP contribution in [0.15, 0.2) is 17.2 Å². The molecule has 1 unspecified atom stereocenters. The predicted molar refractivity (Wildman–Crippen MR) is 134 cm³/mol. The Morgan fingerprint density at radius 2 is 2.03 bits per heavy atom. The SMILES string of the molecule is Cc1cc(Nc2ncnc3sc4c(c23)CCC(C(=O)N(C)C)C4)c(=O)n2c1C(=O)NC21CS(=O)(=O)C1. The number of anilines is 2. The van der Waals surface area contributed by atoms with Crippen molar-refractivity contribution in [2.45, 2.75) is 31.8 Å². The Kier molecular flexibility index (Phi) is 4.87. The van der Waals surface area contributed by atoms with Crippen molar-refractivity contribution >= 4 is 54.7 Å². The quantitative estimate of drug-likeness (QED) is 0.511. The summed E-state index contributed by atoms with van der Waals surface area (Å²) in [6.45, 7) is 1.71. The van der Waals surface area contributed by atoms with Gasteiger partial charge < -0.3 is 15.5 Å². The minimum absolute atomic E-state index is 0.0751. The molecule has 2 aliphatic heterocycles. The number of carbonyl (C=O) groups excluding carboxylic acids is 2. The van der Waals surface area contributed by atoms with Crippen molar-refractivity contribution in [1.82, 2.24) is 24.8 Å². The molecule has 3 aliphatic rings. The van der Waals surface area contributed by atoms with Crippen LogP contribution in [-0.2, 0) is 33.1 Å². The standard InChI is InChI=1S/C23H24N6O5S2/c1-11-6-14(22(32)29-17(11)19(30)27-23(29)8-36(33,34)9-23)26-18-16-13-5-4-12(21(31)28(2)3)7-15(13)35-20(16)25-10-24-18/h6,10,12H,4-5,7-9H2,1-3H3,(H,27,30)(H,24,25,26). The Morgan fingerprint density at radius 1 is 1.28 bits per heavy atom. The summed E-state index contributed by atoms with van der Waals surface area (Å²) in [6, 6.07) is 1.60. The average Bonchev–Trinajstić information content (AvgIpc) is 3.31. The fourth-order valence-electron chi connectivity index (χ4n) is 5.65. The van der Waals surface area contributed by atoms with Crippen molar-refractivity contribution in [3.8, 4) is 0 Å². The summed E-state index contributed by atoms with van der Waals surface area (Å²) in [5.41, 5.74) is 0.277. The topological polar surface area (TPSA) is 143 Å². The van der Waals surface area contributed by atoms with Crippen LogP contribution in [0.25, 0.3) is 10.2 Å². The lowest BCUT2D eigenvalue weighted by molar-refractivity contribution is -0.133. The van der Waals surface area contributed by atoms with Crippen LogP contribution in [-0.4, -0.2) is 65.3 Å². The largest absolute Gasteiger partial charge is 0.349 e. The number of fused-ring (bicyclic) bond motifs is 5. The highest BCUT2D eigenvalue weighted by Gasteiger charge is 2.57. The number of pyridine rings is 1. The first-order valence-corrected chi connectivity index (χ1v) is 14.2. The molecule has 13 heteroatoms. The fraction of sp³-hybridized carbons (Fsp3) is 0.435. The van der Waals surface area contributed by atoms with Gasteiger partial charge in [0.15, 0.2) is 9.84 Å². The van der Waals surface area contributed by atoms with Crippen LogP contribution < -0.4 is 16.2 Å². The van der Waals surface area contributed by atoms with E-state index in [1.54, 1.807) is 32.0 Å². The Labute approximate surface area is 210 Å². The Morgan fingerprint density at radius 3 is 2.72 bits per heavy atom. The maximum Gasteiger partial charge on any atom is 0.276 e. The van der Waals surface area contributed by atoms with Crippen molar-refractivity contribution in [3.63, 3.8) is 0 Å². The van der Waals surface area contributed by atoms with E-state index in [0.717, 1.165) is 27.1 Å². The summed E-state index contributed by atoms with van der Waals surface area (Å²) in [4.78, 5) is 51.0. The lowest BCUT2D eigenvalue weighted by Crippen LogP contribution is -2.64. The van der Waals surface area contributed by atoms with Crippen molar-refractivity contribution in [2.75, 3.05) is 30.9 Å². The number of hydrogen-bond donors (Lipinski definition) is 2. The van der Waals surface area contributed by atoms with Crippen LogP contribution in [0.5, 0.6) is 0 Å². The molecule has 36 heavy (non-hydrogen) atoms. The number of carbonyl (C=O) groups is 2. The number of aromatic nitrogens is 3. The summed E-state index contributed by atoms with van der Waals surface area (Å²) >= 11 is 1.53. The molecule has 188 valence electrons. The first kappa shape index (κ1) is 23.1. The highest BCUT2D eigenvalue weighted by atomic mass is 32.2. The second kappa shape index (κ2) is 7.59. The third-order valence-corrected chi connectivity index (χ3v) is 10.2. The molecular weight excluding hydrogens is 504 g/mol. The van der Waals surface area contributed by atoms with Crippen molar-refractivity contribution in [2.24, 2.45) is 5.92 Å². The number of nitrogens with zero attached hydrogens (tertiary/aromatic N) is 4. The van der Waals surface area contributed by atoms with E-state index >= 15 is 0 Å². The Hall–Kier alpha value is -3.32. The minimum Gasteiger partial charge on any atom is -0.349 e. The maximum atomic E-state index is 13.6. The van der Waals surface area contributed by atoms with Crippen molar-refractivity contribution < 1.29 is 18.0 Å². The second-order valence-electron chi connectivity index (χ2n) is 9.95. The third-order valence-electron chi connectivity index (χ3n) is 7.19. The van der Waals surface area contributed by atoms with E-state index in [1.165, 1.54) is 22.2 Å². The van der Waals surface area contributed by atoms with Gasteiger partial charge in [0.2, 0.25) is 5.91 Å². The summed E-state index contributed by atoms with van der Waals surface area (Å²) in [5, 5.41) is 6.69. The van der Waals surface area contributed by atoms with Crippen LogP contribution in [0.2, 0.25) is 0 Å². The summed E-state index contributed by atoms with van der Waals surface area (Å²) in [7, 11) is 0.197. The number of rotatable bonds is 3. The number of sulfone groups is 1. The van der Waals surface area contributed by atoms with Gasteiger partial charge in [-0.3, -0.25) is 19.0 Å². The summed E-state index contributed by atoms with van der Waals surface area (Å²) in [6.07, 6.45) is 3.48. The molecule has 0 radical (unpaired) electrons. The average molecular weight is 529 g/mol. The molecule has 0 bridgehead atoms. The van der Waals surface area contributed by atoms with Gasteiger partial charge in [-0.25, -0.2) is 18.4 Å². The number of aryl methyl sites for hydroxylation is 2. The van der Waals surface area contributed by atoms with E-state index in [9.17, 15) is 22.8 Å². The zero-order valence-electron chi connectivity index (χ0n) is 19.9. The highest BCUT2D eigenvalue weighted by molar-refractivity contribution is 7.92. The van der Waals surface area contributed by atoms with E-state index < -0.39 is 27.0 Å². The number of amides is 2. The molecule has 11 nitrogen and oxygen atoms in total. The van der Waals surface area contributed by atoms with E-state index in [1.807, 2.05) is 0 Å². The van der Waals surface area contributed by atoms with E-state index in [-0.39, 0.29) is 34.7 Å². The van der Waals surface area contributed by atoms with Gasteiger partial charge in [-0.1, -0.05) is 0 Å². The first-order valence-electron chi connectivity index (χ1n) is 11.5. The van der Waals surface area contributed by atoms with E-state index in [2.05, 4.69) is 20.6 Å². The summed E-state index contributed by atoms with van der Waals surface area (Å²) < 4.78 is 25.2. The molecule has 1 atom stereocenters. The second-order valence-corrected chi connectivity index (χ2v) is 13.1. The number of nitrogens with one attached hydrogen (secondary N) is 2. The van der Waals surface area contributed by atoms with Crippen LogP contribution in [0, 0.1) is 12.8 Å². The molecular formula is C23H24N6O5S2. The molecule has 1 fully saturated rings. The van der Waals surface area contributed by atoms with Gasteiger partial charge in [0.25, 0.3) is 11.5 Å². The van der Waals surface area contributed by atoms with Gasteiger partial charge >= 0.3 is 0 Å². The minimum atomic E-state index is -3.33. The lowest BCUT2D eigenvalue weighted by atomic mass is 9.87. The monoisotopic (exact) mass is 528 g/mol. The molecule has 1 aliphatic carbocycles. The predicted octanol–water partition coefficient (Wildman–Crippen LogP) is 0.923. The maximum absolute atomic E-state index is 13.6. The van der Waals surface area contributed by atoms with Gasteiger partial charge in [0.05, 0.1) is 16.9 Å². The number of thiophene rings is 1. The normalized spacial score (nSPS) is 21.0. The molecule has 6 rings (SSSR count). The van der Waals surface area contributed by atoms with E-state index in [4.69, 9.17) is 0 Å². The Balaban J connectivity index is 1.42. The molecule has 2 amide bonds. The molecule has 3 aromatic heterocycles. The van der Waals surface area contributed by atoms with Crippen LogP contribution >= 0.6 is 11.3 Å². The van der Waals surface area contributed by atoms with Crippen LogP contribution in [0.4, 0.5) is 11.5 Å². The molecule has 0 saturated carbocycles. The van der Waals surface area contributed by atoms with Gasteiger partial charge in [-0.05, 0) is 43.4 Å². The zero-order valence-corrected chi connectivity index (χ0v) is 21.5. The summed E-state index contributed by atoms with van der Waals surface area (Å²) in [5.74, 6) is -0.578. The third kappa shape index (κ3) is 3.29. The molecule has 5 heterocycles. The molecule has 3 aromatic rings. The zero-order chi connectivity index (χ0) is 25.6. The smallest absolute Gasteiger partial charge is 0.276 e. The van der Waals surface area contributed by atoms with Gasteiger partial charge in [0.1, 0.15) is 34.0 Å². The molecule has 1 saturated heterocycles. The molecule has 0 aromatic carbocycles. The molecule has 2 N–H and O–H groups in total. The van der Waals surface area contributed by atoms with Gasteiger partial charge in [-0.2, -0.15) is 0 Å². The van der Waals surface area contributed by atoms with Gasteiger partial charge in [-0.15, -0.1) is 11.3 Å². The fourth-order valence-corrected chi connectivity index (χ4v) is 8.69. The first-order chi connectivity index (χ1) is 17.0. The highest BCUT2D eigenvalue weighted by Crippen LogP contribution is 2.41. The van der Waals surface area contributed by atoms with Crippen LogP contribution in [0.1, 0.15) is 32.9 Å². The number of hydrogen-bond acceptors (Lipinski definition) is 9. The van der Waals surface area contributed by atoms with Crippen LogP contribution in [0.3, 0.4) is 0 Å². The van der Waals surface area contributed by atoms with Crippen molar-refractivity contribution in [3.05, 3.63) is 44.4 Å². The molecule has 1 spiro atoms. The Bertz CT molecular complexity index is 1640. The van der Waals surface area contributed by atoms with E-state index in [0.29, 0.717) is 24.2 Å². The lowest BCUT2D eigenvalue weighted by Gasteiger charge is -2.38.